The number of aromatic nitrogens is 1. The molecule has 3 nitrogen and oxygen atoms in total. The van der Waals surface area contributed by atoms with Crippen molar-refractivity contribution in [3.05, 3.63) is 16.1 Å². The van der Waals surface area contributed by atoms with Crippen LogP contribution >= 0.6 is 23.2 Å². The van der Waals surface area contributed by atoms with Gasteiger partial charge in [-0.25, -0.2) is 4.98 Å². The Labute approximate surface area is 126 Å². The van der Waals surface area contributed by atoms with E-state index in [1.807, 2.05) is 0 Å². The minimum absolute atomic E-state index is 0.352. The molecule has 1 heterocycles. The van der Waals surface area contributed by atoms with Crippen LogP contribution < -0.4 is 10.6 Å². The number of nitrogens with zero attached hydrogens (tertiary/aromatic N) is 1. The second-order valence-corrected chi connectivity index (χ2v) is 5.79. The molecule has 1 unspecified atom stereocenters. The second kappa shape index (κ2) is 7.81. The number of hydrogen-bond acceptors (Lipinski definition) is 3. The first-order valence-electron chi connectivity index (χ1n) is 6.86. The van der Waals surface area contributed by atoms with Crippen molar-refractivity contribution in [3.63, 3.8) is 0 Å². The summed E-state index contributed by atoms with van der Waals surface area (Å²) in [6.07, 6.45) is 2.04. The molecule has 5 heteroatoms. The molecule has 0 amide bonds. The van der Waals surface area contributed by atoms with E-state index in [2.05, 4.69) is 43.3 Å². The summed E-state index contributed by atoms with van der Waals surface area (Å²) in [5.74, 6) is 1.91. The van der Waals surface area contributed by atoms with Crippen molar-refractivity contribution in [2.24, 2.45) is 5.92 Å². The maximum atomic E-state index is 6.20. The molecule has 0 aliphatic carbocycles. The van der Waals surface area contributed by atoms with Gasteiger partial charge in [-0.15, -0.1) is 0 Å². The van der Waals surface area contributed by atoms with E-state index in [-0.39, 0.29) is 0 Å². The van der Waals surface area contributed by atoms with E-state index < -0.39 is 0 Å². The number of rotatable bonds is 7. The molecule has 0 aromatic carbocycles. The van der Waals surface area contributed by atoms with E-state index in [1.54, 1.807) is 6.07 Å². The highest BCUT2D eigenvalue weighted by Gasteiger charge is 2.15. The van der Waals surface area contributed by atoms with Crippen LogP contribution in [0.1, 0.15) is 40.5 Å². The van der Waals surface area contributed by atoms with E-state index >= 15 is 0 Å². The molecule has 0 bridgehead atoms. The van der Waals surface area contributed by atoms with Crippen LogP contribution in [0.25, 0.3) is 0 Å². The van der Waals surface area contributed by atoms with Crippen molar-refractivity contribution in [2.75, 3.05) is 17.2 Å². The predicted octanol–water partition coefficient (Wildman–Crippen LogP) is 5.06. The van der Waals surface area contributed by atoms with Gasteiger partial charge in [0.2, 0.25) is 0 Å². The SMILES string of the molecule is CCCNc1nc(NC(CC)C(C)C)c(Cl)cc1Cl. The fourth-order valence-electron chi connectivity index (χ4n) is 1.85. The molecule has 1 aromatic rings. The van der Waals surface area contributed by atoms with E-state index in [0.29, 0.717) is 33.6 Å². The largest absolute Gasteiger partial charge is 0.369 e. The molecule has 108 valence electrons. The molecule has 2 N–H and O–H groups in total. The number of anilines is 2. The Morgan fingerprint density at radius 1 is 1.16 bits per heavy atom. The summed E-state index contributed by atoms with van der Waals surface area (Å²) in [4.78, 5) is 4.49. The highest BCUT2D eigenvalue weighted by molar-refractivity contribution is 6.37. The summed E-state index contributed by atoms with van der Waals surface area (Å²) in [6, 6.07) is 2.09. The van der Waals surface area contributed by atoms with Crippen molar-refractivity contribution in [2.45, 2.75) is 46.6 Å². The third-order valence-electron chi connectivity index (χ3n) is 3.04. The van der Waals surface area contributed by atoms with Crippen LogP contribution in [-0.2, 0) is 0 Å². The maximum absolute atomic E-state index is 6.20. The normalized spacial score (nSPS) is 12.6. The Hall–Kier alpha value is -0.670. The Bertz CT molecular complexity index is 408. The van der Waals surface area contributed by atoms with Crippen molar-refractivity contribution in [3.8, 4) is 0 Å². The van der Waals surface area contributed by atoms with Crippen LogP contribution in [0.2, 0.25) is 10.0 Å². The molecule has 0 aliphatic rings. The van der Waals surface area contributed by atoms with Gasteiger partial charge in [0.15, 0.2) is 0 Å². The van der Waals surface area contributed by atoms with E-state index in [4.69, 9.17) is 23.2 Å². The Morgan fingerprint density at radius 3 is 2.32 bits per heavy atom. The maximum Gasteiger partial charge on any atom is 0.147 e. The van der Waals surface area contributed by atoms with E-state index in [1.165, 1.54) is 0 Å². The van der Waals surface area contributed by atoms with Gasteiger partial charge in [0, 0.05) is 12.6 Å². The predicted molar refractivity (Wildman–Crippen MR) is 85.6 cm³/mol. The fraction of sp³-hybridized carbons (Fsp3) is 0.643. The van der Waals surface area contributed by atoms with Gasteiger partial charge in [-0.3, -0.25) is 0 Å². The lowest BCUT2D eigenvalue weighted by Gasteiger charge is -2.22. The number of halogens is 2. The first-order chi connectivity index (χ1) is 8.99. The van der Waals surface area contributed by atoms with Crippen LogP contribution in [0, 0.1) is 5.92 Å². The summed E-state index contributed by atoms with van der Waals surface area (Å²) >= 11 is 12.3. The lowest BCUT2D eigenvalue weighted by molar-refractivity contribution is 0.510. The number of nitrogens with one attached hydrogen (secondary N) is 2. The zero-order valence-corrected chi connectivity index (χ0v) is 13.6. The minimum atomic E-state index is 0.352. The van der Waals surface area contributed by atoms with Crippen molar-refractivity contribution < 1.29 is 0 Å². The zero-order valence-electron chi connectivity index (χ0n) is 12.1. The minimum Gasteiger partial charge on any atom is -0.369 e. The molecule has 0 fully saturated rings. The van der Waals surface area contributed by atoms with Crippen LogP contribution in [0.5, 0.6) is 0 Å². The molecule has 0 spiro atoms. The third kappa shape index (κ3) is 4.73. The topological polar surface area (TPSA) is 37.0 Å². The first kappa shape index (κ1) is 16.4. The van der Waals surface area contributed by atoms with Crippen molar-refractivity contribution in [1.29, 1.82) is 0 Å². The van der Waals surface area contributed by atoms with Crippen LogP contribution in [0.15, 0.2) is 6.07 Å². The van der Waals surface area contributed by atoms with Gasteiger partial charge < -0.3 is 10.6 Å². The summed E-state index contributed by atoms with van der Waals surface area (Å²) in [6.45, 7) is 9.46. The van der Waals surface area contributed by atoms with Gasteiger partial charge >= 0.3 is 0 Å². The fourth-order valence-corrected chi connectivity index (χ4v) is 2.33. The molecular weight excluding hydrogens is 281 g/mol. The van der Waals surface area contributed by atoms with Gasteiger partial charge in [0.05, 0.1) is 10.0 Å². The quantitative estimate of drug-likeness (QED) is 0.739. The molecule has 0 radical (unpaired) electrons. The zero-order chi connectivity index (χ0) is 14.4. The number of pyridine rings is 1. The lowest BCUT2D eigenvalue weighted by atomic mass is 10.0. The van der Waals surface area contributed by atoms with E-state index in [0.717, 1.165) is 19.4 Å². The van der Waals surface area contributed by atoms with E-state index in [9.17, 15) is 0 Å². The third-order valence-corrected chi connectivity index (χ3v) is 3.61. The molecule has 0 saturated heterocycles. The Balaban J connectivity index is 2.93. The van der Waals surface area contributed by atoms with Gasteiger partial charge in [-0.05, 0) is 24.8 Å². The smallest absolute Gasteiger partial charge is 0.147 e. The Kier molecular flexibility index (Phi) is 6.73. The molecule has 0 aliphatic heterocycles. The standard InChI is InChI=1S/C14H23Cl2N3/c1-5-7-17-13-10(15)8-11(16)14(19-13)18-12(6-2)9(3)4/h8-9,12H,5-7H2,1-4H3,(H2,17,18,19). The summed E-state index contributed by atoms with van der Waals surface area (Å²) in [5, 5.41) is 7.73. The average molecular weight is 304 g/mol. The van der Waals surface area contributed by atoms with Gasteiger partial charge in [0.1, 0.15) is 11.6 Å². The molecule has 0 saturated carbocycles. The highest BCUT2D eigenvalue weighted by atomic mass is 35.5. The molecule has 1 aromatic heterocycles. The molecule has 1 atom stereocenters. The van der Waals surface area contributed by atoms with Crippen molar-refractivity contribution in [1.82, 2.24) is 4.98 Å². The second-order valence-electron chi connectivity index (χ2n) is 4.98. The molecular formula is C14H23Cl2N3. The van der Waals surface area contributed by atoms with Crippen molar-refractivity contribution >= 4 is 34.8 Å². The highest BCUT2D eigenvalue weighted by Crippen LogP contribution is 2.30. The number of hydrogen-bond donors (Lipinski definition) is 2. The summed E-state index contributed by atoms with van der Waals surface area (Å²) < 4.78 is 0. The van der Waals surface area contributed by atoms with Crippen LogP contribution in [-0.4, -0.2) is 17.6 Å². The molecule has 1 rings (SSSR count). The van der Waals surface area contributed by atoms with Gasteiger partial charge in [-0.2, -0.15) is 0 Å². The lowest BCUT2D eigenvalue weighted by Crippen LogP contribution is -2.25. The summed E-state index contributed by atoms with van der Waals surface area (Å²) in [5.41, 5.74) is 0. The van der Waals surface area contributed by atoms with Crippen LogP contribution in [0.4, 0.5) is 11.6 Å². The van der Waals surface area contributed by atoms with Gasteiger partial charge in [0.25, 0.3) is 0 Å². The monoisotopic (exact) mass is 303 g/mol. The van der Waals surface area contributed by atoms with Crippen LogP contribution in [0.3, 0.4) is 0 Å². The molecule has 19 heavy (non-hydrogen) atoms. The summed E-state index contributed by atoms with van der Waals surface area (Å²) in [7, 11) is 0. The average Bonchev–Trinajstić information content (AvgIpc) is 2.36. The Morgan fingerprint density at radius 2 is 1.79 bits per heavy atom. The van der Waals surface area contributed by atoms with Gasteiger partial charge in [-0.1, -0.05) is 50.9 Å². The first-order valence-corrected chi connectivity index (χ1v) is 7.61.